The average molecular weight is 529 g/mol. The van der Waals surface area contributed by atoms with Crippen LogP contribution in [-0.2, 0) is 6.42 Å². The highest BCUT2D eigenvalue weighted by Gasteiger charge is 2.20. The number of nitrogens with one attached hydrogen (secondary N) is 3. The van der Waals surface area contributed by atoms with E-state index in [0.717, 1.165) is 30.9 Å². The van der Waals surface area contributed by atoms with Crippen molar-refractivity contribution in [3.8, 4) is 0 Å². The number of rotatable bonds is 10. The molecule has 0 bridgehead atoms. The molecule has 1 atom stereocenters. The summed E-state index contributed by atoms with van der Waals surface area (Å²) in [5.41, 5.74) is 4.66. The molecule has 1 aliphatic rings. The molecule has 1 fully saturated rings. The zero-order valence-electron chi connectivity index (χ0n) is 22.2. The lowest BCUT2D eigenvalue weighted by Gasteiger charge is -2.18. The number of anilines is 1. The van der Waals surface area contributed by atoms with Crippen molar-refractivity contribution >= 4 is 28.5 Å². The van der Waals surface area contributed by atoms with Crippen LogP contribution in [0.4, 0.5) is 10.1 Å². The maximum atomic E-state index is 14.2. The first-order valence-electron chi connectivity index (χ1n) is 13.3. The number of pyridine rings is 1. The van der Waals surface area contributed by atoms with Crippen LogP contribution in [0.15, 0.2) is 60.0 Å². The highest BCUT2D eigenvalue weighted by molar-refractivity contribution is 6.15. The summed E-state index contributed by atoms with van der Waals surface area (Å²) in [4.78, 5) is 36.7. The maximum absolute atomic E-state index is 14.2. The van der Waals surface area contributed by atoms with E-state index < -0.39 is 0 Å². The van der Waals surface area contributed by atoms with Crippen molar-refractivity contribution in [3.63, 3.8) is 0 Å². The molecule has 0 aliphatic carbocycles. The van der Waals surface area contributed by atoms with Gasteiger partial charge in [0.25, 0.3) is 5.91 Å². The minimum absolute atomic E-state index is 0.130. The van der Waals surface area contributed by atoms with E-state index in [0.29, 0.717) is 46.8 Å². The second-order valence-electron chi connectivity index (χ2n) is 9.79. The van der Waals surface area contributed by atoms with E-state index >= 15 is 0 Å². The van der Waals surface area contributed by atoms with E-state index in [1.165, 1.54) is 25.0 Å². The number of carbonyl (C=O) groups excluding carboxylic acids is 1. The molecule has 3 aromatic heterocycles. The fourth-order valence-corrected chi connectivity index (χ4v) is 4.96. The van der Waals surface area contributed by atoms with Crippen molar-refractivity contribution in [1.29, 1.82) is 0 Å². The van der Waals surface area contributed by atoms with Gasteiger partial charge in [0, 0.05) is 61.9 Å². The van der Waals surface area contributed by atoms with Crippen LogP contribution in [0.25, 0.3) is 11.2 Å². The highest BCUT2D eigenvalue weighted by atomic mass is 19.1. The zero-order valence-corrected chi connectivity index (χ0v) is 22.2. The molecular weight excluding hydrogens is 495 g/mol. The van der Waals surface area contributed by atoms with Crippen molar-refractivity contribution in [2.45, 2.75) is 32.2 Å². The van der Waals surface area contributed by atoms with Gasteiger partial charge in [-0.3, -0.25) is 14.8 Å². The number of carbonyl (C=O) groups is 1. The van der Waals surface area contributed by atoms with E-state index in [-0.39, 0.29) is 17.8 Å². The molecule has 10 heteroatoms. The van der Waals surface area contributed by atoms with E-state index in [2.05, 4.69) is 35.5 Å². The van der Waals surface area contributed by atoms with Crippen LogP contribution in [0.2, 0.25) is 0 Å². The molecule has 0 spiro atoms. The van der Waals surface area contributed by atoms with Crippen LogP contribution < -0.4 is 10.6 Å². The highest BCUT2D eigenvalue weighted by Crippen LogP contribution is 2.23. The summed E-state index contributed by atoms with van der Waals surface area (Å²) >= 11 is 0. The van der Waals surface area contributed by atoms with E-state index in [9.17, 15) is 9.18 Å². The van der Waals surface area contributed by atoms with Gasteiger partial charge in [-0.1, -0.05) is 6.07 Å². The third-order valence-electron chi connectivity index (χ3n) is 6.89. The number of hydrogen-bond acceptors (Lipinski definition) is 7. The van der Waals surface area contributed by atoms with Crippen LogP contribution in [-0.4, -0.2) is 75.7 Å². The summed E-state index contributed by atoms with van der Waals surface area (Å²) < 4.78 is 14.2. The van der Waals surface area contributed by atoms with Gasteiger partial charge >= 0.3 is 0 Å². The number of benzene rings is 1. The van der Waals surface area contributed by atoms with Crippen molar-refractivity contribution in [1.82, 2.24) is 30.2 Å². The molecule has 1 aliphatic heterocycles. The molecule has 39 heavy (non-hydrogen) atoms. The predicted octanol–water partition coefficient (Wildman–Crippen LogP) is 3.83. The quantitative estimate of drug-likeness (QED) is 0.270. The van der Waals surface area contributed by atoms with Gasteiger partial charge in [-0.25, -0.2) is 14.4 Å². The smallest absolute Gasteiger partial charge is 0.255 e. The Morgan fingerprint density at radius 1 is 1.18 bits per heavy atom. The number of aromatic nitrogens is 4. The lowest BCUT2D eigenvalue weighted by Crippen LogP contribution is -2.34. The summed E-state index contributed by atoms with van der Waals surface area (Å²) in [6, 6.07) is 10.2. The molecule has 9 nitrogen and oxygen atoms in total. The zero-order chi connectivity index (χ0) is 27.2. The van der Waals surface area contributed by atoms with Crippen molar-refractivity contribution in [2.24, 2.45) is 4.99 Å². The number of aromatic amines is 1. The fourth-order valence-electron chi connectivity index (χ4n) is 4.96. The number of H-pyrrole nitrogens is 1. The number of halogens is 1. The van der Waals surface area contributed by atoms with Gasteiger partial charge in [-0.2, -0.15) is 0 Å². The Morgan fingerprint density at radius 2 is 2.03 bits per heavy atom. The van der Waals surface area contributed by atoms with Crippen molar-refractivity contribution in [3.05, 3.63) is 83.3 Å². The Kier molecular flexibility index (Phi) is 8.21. The number of likely N-dealkylation sites (tertiary alicyclic amines) is 1. The molecule has 1 amide bonds. The van der Waals surface area contributed by atoms with Gasteiger partial charge in [0.2, 0.25) is 0 Å². The Labute approximate surface area is 227 Å². The first kappa shape index (κ1) is 26.4. The second kappa shape index (κ2) is 12.1. The summed E-state index contributed by atoms with van der Waals surface area (Å²) in [6.07, 6.45) is 8.02. The van der Waals surface area contributed by atoms with Crippen molar-refractivity contribution < 1.29 is 9.18 Å². The van der Waals surface area contributed by atoms with Crippen LogP contribution in [0.1, 0.15) is 47.1 Å². The molecule has 4 heterocycles. The number of fused-ring (bicyclic) bond motifs is 1. The largest absolute Gasteiger partial charge is 0.383 e. The van der Waals surface area contributed by atoms with E-state index in [1.807, 2.05) is 25.1 Å². The third-order valence-corrected chi connectivity index (χ3v) is 6.89. The first-order chi connectivity index (χ1) is 19.0. The molecule has 3 N–H and O–H groups in total. The Balaban J connectivity index is 1.36. The molecule has 0 radical (unpaired) electrons. The van der Waals surface area contributed by atoms with Gasteiger partial charge in [-0.15, -0.1) is 0 Å². The van der Waals surface area contributed by atoms with Gasteiger partial charge in [0.05, 0.1) is 17.5 Å². The summed E-state index contributed by atoms with van der Waals surface area (Å²) in [6.45, 7) is 5.72. The molecule has 1 unspecified atom stereocenters. The van der Waals surface area contributed by atoms with Crippen molar-refractivity contribution in [2.75, 3.05) is 38.5 Å². The normalized spacial score (nSPS) is 15.0. The lowest BCUT2D eigenvalue weighted by molar-refractivity contribution is 0.0941. The van der Waals surface area contributed by atoms with Crippen LogP contribution in [0.3, 0.4) is 0 Å². The molecule has 0 saturated carbocycles. The molecule has 1 saturated heterocycles. The fraction of sp³-hybridized carbons (Fsp3) is 0.345. The standard InChI is InChI=1S/C29H33FN8O/c1-19(15-21-7-3-4-10-32-21)36-29(39)23-17-34-28-27(23)37-25(18-35-28)26(31-2)22-9-8-20(30)16-24(22)33-11-14-38-12-5-6-13-38/h3-4,7-10,16-19,33H,5-6,11-15H2,1-2H3,(H,34,35)(H,36,39). The molecule has 1 aromatic carbocycles. The second-order valence-corrected chi connectivity index (χ2v) is 9.79. The average Bonchev–Trinajstić information content (AvgIpc) is 3.61. The maximum Gasteiger partial charge on any atom is 0.255 e. The first-order valence-corrected chi connectivity index (χ1v) is 13.3. The number of nitrogens with zero attached hydrogens (tertiary/aromatic N) is 5. The Morgan fingerprint density at radius 3 is 2.79 bits per heavy atom. The SMILES string of the molecule is CN=C(c1cnc2[nH]cc(C(=O)NC(C)Cc3ccccn3)c2n1)c1ccc(F)cc1NCCN1CCCC1. The van der Waals surface area contributed by atoms with Crippen LogP contribution >= 0.6 is 0 Å². The molecule has 4 aromatic rings. The Bertz CT molecular complexity index is 1460. The Hall–Kier alpha value is -4.18. The topological polar surface area (TPSA) is 111 Å². The van der Waals surface area contributed by atoms with Gasteiger partial charge in [-0.05, 0) is 63.2 Å². The molecule has 202 valence electrons. The van der Waals surface area contributed by atoms with Crippen LogP contribution in [0.5, 0.6) is 0 Å². The predicted molar refractivity (Wildman–Crippen MR) is 151 cm³/mol. The summed E-state index contributed by atoms with van der Waals surface area (Å²) in [7, 11) is 1.67. The van der Waals surface area contributed by atoms with Gasteiger partial charge in [0.1, 0.15) is 17.0 Å². The van der Waals surface area contributed by atoms with Gasteiger partial charge in [0.15, 0.2) is 5.65 Å². The summed E-state index contributed by atoms with van der Waals surface area (Å²) in [5.74, 6) is -0.582. The monoisotopic (exact) mass is 528 g/mol. The van der Waals surface area contributed by atoms with E-state index in [1.54, 1.807) is 31.7 Å². The van der Waals surface area contributed by atoms with E-state index in [4.69, 9.17) is 4.98 Å². The minimum atomic E-state index is -0.330. The third kappa shape index (κ3) is 6.28. The van der Waals surface area contributed by atoms with Crippen LogP contribution in [0, 0.1) is 5.82 Å². The number of aliphatic imine (C=N–C) groups is 1. The van der Waals surface area contributed by atoms with Gasteiger partial charge < -0.3 is 20.5 Å². The molecular formula is C29H33FN8O. The molecule has 5 rings (SSSR count). The number of amides is 1. The minimum Gasteiger partial charge on any atom is -0.383 e. The summed E-state index contributed by atoms with van der Waals surface area (Å²) in [5, 5.41) is 6.41. The number of hydrogen-bond donors (Lipinski definition) is 3. The lowest BCUT2D eigenvalue weighted by atomic mass is 10.0.